The number of benzene rings is 1. The summed E-state index contributed by atoms with van der Waals surface area (Å²) in [5.74, 6) is 0.235. The average Bonchev–Trinajstić information content (AvgIpc) is 2.89. The van der Waals surface area contributed by atoms with Crippen LogP contribution in [0.2, 0.25) is 0 Å². The van der Waals surface area contributed by atoms with Gasteiger partial charge in [0.15, 0.2) is 6.04 Å². The van der Waals surface area contributed by atoms with Crippen molar-refractivity contribution in [2.75, 3.05) is 0 Å². The molecule has 2 aromatic rings. The summed E-state index contributed by atoms with van der Waals surface area (Å²) in [5, 5.41) is 14.2. The summed E-state index contributed by atoms with van der Waals surface area (Å²) in [4.78, 5) is 23.0. The highest BCUT2D eigenvalue weighted by atomic mass is 16.4. The van der Waals surface area contributed by atoms with Crippen LogP contribution in [0, 0.1) is 6.92 Å². The van der Waals surface area contributed by atoms with E-state index in [4.69, 9.17) is 4.42 Å². The lowest BCUT2D eigenvalue weighted by molar-refractivity contribution is -0.139. The highest BCUT2D eigenvalue weighted by Gasteiger charge is 2.21. The monoisotopic (exact) mass is 288 g/mol. The molecule has 0 bridgehead atoms. The zero-order chi connectivity index (χ0) is 15.2. The molecule has 6 nitrogen and oxygen atoms in total. The van der Waals surface area contributed by atoms with Gasteiger partial charge in [-0.15, -0.1) is 0 Å². The molecule has 6 heteroatoms. The highest BCUT2D eigenvalue weighted by molar-refractivity contribution is 5.83. The van der Waals surface area contributed by atoms with Gasteiger partial charge >= 0.3 is 12.0 Å². The number of rotatable bonds is 5. The van der Waals surface area contributed by atoms with E-state index in [1.165, 1.54) is 0 Å². The molecule has 1 aromatic carbocycles. The van der Waals surface area contributed by atoms with Crippen molar-refractivity contribution >= 4 is 12.0 Å². The Labute approximate surface area is 121 Å². The smallest absolute Gasteiger partial charge is 0.330 e. The van der Waals surface area contributed by atoms with Gasteiger partial charge in [-0.05, 0) is 24.6 Å². The minimum absolute atomic E-state index is 0.195. The molecule has 3 N–H and O–H groups in total. The fourth-order valence-corrected chi connectivity index (χ4v) is 1.86. The molecule has 0 radical (unpaired) electrons. The van der Waals surface area contributed by atoms with Crippen LogP contribution in [0.5, 0.6) is 0 Å². The number of nitrogens with one attached hydrogen (secondary N) is 2. The van der Waals surface area contributed by atoms with Gasteiger partial charge in [0.25, 0.3) is 0 Å². The quantitative estimate of drug-likeness (QED) is 0.786. The summed E-state index contributed by atoms with van der Waals surface area (Å²) in [6.07, 6.45) is 0. The Bertz CT molecular complexity index is 622. The maximum Gasteiger partial charge on any atom is 0.330 e. The first-order chi connectivity index (χ1) is 10.1. The van der Waals surface area contributed by atoms with Crippen molar-refractivity contribution in [1.29, 1.82) is 0 Å². The standard InChI is InChI=1S/C15H16N2O4/c1-10-7-8-12(21-10)9-16-15(20)17-13(14(18)19)11-5-3-2-4-6-11/h2-8,13H,9H2,1H3,(H,18,19)(H2,16,17,20)/t13-/m1/s1. The molecule has 0 spiro atoms. The second-order valence-corrected chi connectivity index (χ2v) is 4.52. The lowest BCUT2D eigenvalue weighted by atomic mass is 10.1. The molecule has 1 heterocycles. The van der Waals surface area contributed by atoms with E-state index in [1.54, 1.807) is 49.4 Å². The first kappa shape index (κ1) is 14.6. The molecule has 0 saturated heterocycles. The molecule has 21 heavy (non-hydrogen) atoms. The number of hydrogen-bond donors (Lipinski definition) is 3. The van der Waals surface area contributed by atoms with Crippen molar-refractivity contribution in [3.8, 4) is 0 Å². The Hall–Kier alpha value is -2.76. The Morgan fingerprint density at radius 2 is 1.90 bits per heavy atom. The van der Waals surface area contributed by atoms with Gasteiger partial charge < -0.3 is 20.2 Å². The molecule has 0 aliphatic heterocycles. The maximum absolute atomic E-state index is 11.8. The number of carbonyl (C=O) groups excluding carboxylic acids is 1. The molecular formula is C15H16N2O4. The first-order valence-electron chi connectivity index (χ1n) is 6.43. The first-order valence-corrected chi connectivity index (χ1v) is 6.43. The second-order valence-electron chi connectivity index (χ2n) is 4.52. The second kappa shape index (κ2) is 6.60. The lowest BCUT2D eigenvalue weighted by Gasteiger charge is -2.15. The molecule has 0 unspecified atom stereocenters. The van der Waals surface area contributed by atoms with E-state index >= 15 is 0 Å². The summed E-state index contributed by atoms with van der Waals surface area (Å²) in [5.41, 5.74) is 0.508. The van der Waals surface area contributed by atoms with Crippen LogP contribution in [0.3, 0.4) is 0 Å². The lowest BCUT2D eigenvalue weighted by Crippen LogP contribution is -2.40. The SMILES string of the molecule is Cc1ccc(CNC(=O)N[C@@H](C(=O)O)c2ccccc2)o1. The Morgan fingerprint density at radius 1 is 1.19 bits per heavy atom. The number of aryl methyl sites for hydroxylation is 1. The fraction of sp³-hybridized carbons (Fsp3) is 0.200. The largest absolute Gasteiger partial charge is 0.479 e. The molecule has 0 saturated carbocycles. The molecule has 110 valence electrons. The number of urea groups is 1. The van der Waals surface area contributed by atoms with E-state index in [2.05, 4.69) is 10.6 Å². The van der Waals surface area contributed by atoms with E-state index in [0.29, 0.717) is 11.3 Å². The summed E-state index contributed by atoms with van der Waals surface area (Å²) < 4.78 is 5.31. The fourth-order valence-electron chi connectivity index (χ4n) is 1.86. The van der Waals surface area contributed by atoms with Crippen molar-refractivity contribution in [2.45, 2.75) is 19.5 Å². The summed E-state index contributed by atoms with van der Waals surface area (Å²) in [6, 6.07) is 10.4. The van der Waals surface area contributed by atoms with Crippen LogP contribution in [0.25, 0.3) is 0 Å². The molecule has 0 fully saturated rings. The molecule has 2 rings (SSSR count). The van der Waals surface area contributed by atoms with Gasteiger partial charge in [0.05, 0.1) is 6.54 Å². The van der Waals surface area contributed by atoms with Gasteiger partial charge in [0.1, 0.15) is 11.5 Å². The molecule has 2 amide bonds. The molecule has 1 atom stereocenters. The van der Waals surface area contributed by atoms with E-state index in [-0.39, 0.29) is 6.54 Å². The predicted octanol–water partition coefficient (Wildman–Crippen LogP) is 2.21. The van der Waals surface area contributed by atoms with E-state index in [1.807, 2.05) is 0 Å². The molecular weight excluding hydrogens is 272 g/mol. The number of furan rings is 1. The normalized spacial score (nSPS) is 11.7. The van der Waals surface area contributed by atoms with Gasteiger partial charge in [0.2, 0.25) is 0 Å². The Kier molecular flexibility index (Phi) is 4.61. The van der Waals surface area contributed by atoms with Crippen molar-refractivity contribution in [3.63, 3.8) is 0 Å². The van der Waals surface area contributed by atoms with E-state index in [0.717, 1.165) is 5.76 Å². The minimum atomic E-state index is -1.12. The van der Waals surface area contributed by atoms with Crippen molar-refractivity contribution < 1.29 is 19.1 Å². The van der Waals surface area contributed by atoms with Gasteiger partial charge in [-0.25, -0.2) is 9.59 Å². The van der Waals surface area contributed by atoms with Crippen LogP contribution in [0.15, 0.2) is 46.9 Å². The van der Waals surface area contributed by atoms with Crippen LogP contribution in [0.1, 0.15) is 23.1 Å². The van der Waals surface area contributed by atoms with Gasteiger partial charge in [-0.3, -0.25) is 0 Å². The van der Waals surface area contributed by atoms with Gasteiger partial charge in [0, 0.05) is 0 Å². The Morgan fingerprint density at radius 3 is 2.48 bits per heavy atom. The topological polar surface area (TPSA) is 91.6 Å². The zero-order valence-electron chi connectivity index (χ0n) is 11.5. The van der Waals surface area contributed by atoms with Gasteiger partial charge in [-0.2, -0.15) is 0 Å². The van der Waals surface area contributed by atoms with Crippen LogP contribution < -0.4 is 10.6 Å². The van der Waals surface area contributed by atoms with Crippen molar-refractivity contribution in [2.24, 2.45) is 0 Å². The average molecular weight is 288 g/mol. The molecule has 1 aromatic heterocycles. The summed E-state index contributed by atoms with van der Waals surface area (Å²) >= 11 is 0. The Balaban J connectivity index is 1.94. The third kappa shape index (κ3) is 4.10. The number of aliphatic carboxylic acids is 1. The third-order valence-corrected chi connectivity index (χ3v) is 2.87. The van der Waals surface area contributed by atoms with Crippen molar-refractivity contribution in [1.82, 2.24) is 10.6 Å². The third-order valence-electron chi connectivity index (χ3n) is 2.87. The highest BCUT2D eigenvalue weighted by Crippen LogP contribution is 2.12. The van der Waals surface area contributed by atoms with Crippen LogP contribution in [0.4, 0.5) is 4.79 Å². The number of carbonyl (C=O) groups is 2. The predicted molar refractivity (Wildman–Crippen MR) is 75.6 cm³/mol. The summed E-state index contributed by atoms with van der Waals surface area (Å²) in [7, 11) is 0. The van der Waals surface area contributed by atoms with E-state index < -0.39 is 18.0 Å². The van der Waals surface area contributed by atoms with E-state index in [9.17, 15) is 14.7 Å². The number of amides is 2. The number of hydrogen-bond acceptors (Lipinski definition) is 3. The van der Waals surface area contributed by atoms with Crippen LogP contribution in [-0.4, -0.2) is 17.1 Å². The number of carboxylic acid groups (broad SMARTS) is 1. The summed E-state index contributed by atoms with van der Waals surface area (Å²) in [6.45, 7) is 2.00. The minimum Gasteiger partial charge on any atom is -0.479 e. The van der Waals surface area contributed by atoms with Gasteiger partial charge in [-0.1, -0.05) is 30.3 Å². The number of carboxylic acids is 1. The van der Waals surface area contributed by atoms with Crippen LogP contribution >= 0.6 is 0 Å². The molecule has 0 aliphatic rings. The maximum atomic E-state index is 11.8. The molecule has 0 aliphatic carbocycles. The van der Waals surface area contributed by atoms with Crippen LogP contribution in [-0.2, 0) is 11.3 Å². The zero-order valence-corrected chi connectivity index (χ0v) is 11.5. The van der Waals surface area contributed by atoms with Crippen molar-refractivity contribution in [3.05, 3.63) is 59.5 Å².